The number of likely N-dealkylation sites (N-methyl/N-ethyl adjacent to an activating group) is 1. The number of pyridine rings is 1. The van der Waals surface area contributed by atoms with E-state index >= 15 is 0 Å². The summed E-state index contributed by atoms with van der Waals surface area (Å²) in [5.41, 5.74) is 3.64. The molecule has 3 aromatic rings. The van der Waals surface area contributed by atoms with Crippen LogP contribution in [0.15, 0.2) is 66.9 Å². The number of nitriles is 1. The van der Waals surface area contributed by atoms with E-state index in [1.165, 1.54) is 5.56 Å². The molecule has 1 aliphatic heterocycles. The monoisotopic (exact) mass is 484 g/mol. The number of carbonyl (C=O) groups is 1. The largest absolute Gasteiger partial charge is 0.472 e. The number of fused-ring (bicyclic) bond motifs is 1. The van der Waals surface area contributed by atoms with E-state index in [0.29, 0.717) is 30.1 Å². The van der Waals surface area contributed by atoms with Crippen molar-refractivity contribution in [2.24, 2.45) is 5.92 Å². The van der Waals surface area contributed by atoms with Crippen LogP contribution in [0.1, 0.15) is 35.3 Å². The van der Waals surface area contributed by atoms with Crippen LogP contribution in [0.3, 0.4) is 0 Å². The Labute approximate surface area is 212 Å². The first kappa shape index (κ1) is 25.4. The Hall–Kier alpha value is -3.73. The molecule has 7 heteroatoms. The molecule has 7 nitrogen and oxygen atoms in total. The SMILES string of the molecule is C[C@@H]1CN([C@@H](C)CO)C(=O)c2cc(-c3cccc(C#N)c3)cnc2O[C@H]1CN(C)Cc1ccccc1. The summed E-state index contributed by atoms with van der Waals surface area (Å²) in [6.45, 7) is 5.66. The molecule has 1 aliphatic rings. The van der Waals surface area contributed by atoms with Gasteiger partial charge in [0.25, 0.3) is 5.91 Å². The van der Waals surface area contributed by atoms with Gasteiger partial charge in [-0.2, -0.15) is 5.26 Å². The Morgan fingerprint density at radius 1 is 1.19 bits per heavy atom. The second kappa shape index (κ2) is 11.3. The zero-order valence-corrected chi connectivity index (χ0v) is 21.0. The van der Waals surface area contributed by atoms with Gasteiger partial charge in [0.1, 0.15) is 11.7 Å². The number of nitrogens with zero attached hydrogens (tertiary/aromatic N) is 4. The molecule has 0 radical (unpaired) electrons. The second-order valence-corrected chi connectivity index (χ2v) is 9.57. The molecule has 0 spiro atoms. The Morgan fingerprint density at radius 3 is 2.69 bits per heavy atom. The molecule has 186 valence electrons. The molecule has 4 rings (SSSR count). The molecule has 0 saturated heterocycles. The Kier molecular flexibility index (Phi) is 7.99. The van der Waals surface area contributed by atoms with Crippen molar-refractivity contribution >= 4 is 5.91 Å². The summed E-state index contributed by atoms with van der Waals surface area (Å²) in [7, 11) is 2.06. The van der Waals surface area contributed by atoms with Gasteiger partial charge in [0.15, 0.2) is 0 Å². The van der Waals surface area contributed by atoms with Crippen LogP contribution in [0.5, 0.6) is 5.88 Å². The molecule has 2 aromatic carbocycles. The molecule has 36 heavy (non-hydrogen) atoms. The second-order valence-electron chi connectivity index (χ2n) is 9.57. The first-order chi connectivity index (χ1) is 17.4. The van der Waals surface area contributed by atoms with E-state index < -0.39 is 0 Å². The van der Waals surface area contributed by atoms with Gasteiger partial charge in [0.2, 0.25) is 5.88 Å². The number of aliphatic hydroxyl groups excluding tert-OH is 1. The number of carbonyl (C=O) groups excluding carboxylic acids is 1. The fraction of sp³-hybridized carbons (Fsp3) is 0.345. The molecule has 0 bridgehead atoms. The van der Waals surface area contributed by atoms with Crippen LogP contribution in [0.4, 0.5) is 0 Å². The van der Waals surface area contributed by atoms with E-state index in [-0.39, 0.29) is 30.6 Å². The lowest BCUT2D eigenvalue weighted by Crippen LogP contribution is -2.49. The van der Waals surface area contributed by atoms with Gasteiger partial charge in [-0.3, -0.25) is 9.69 Å². The highest BCUT2D eigenvalue weighted by molar-refractivity contribution is 5.98. The molecule has 2 heterocycles. The van der Waals surface area contributed by atoms with Crippen LogP contribution in [0.25, 0.3) is 11.1 Å². The molecular formula is C29H32N4O3. The van der Waals surface area contributed by atoms with Gasteiger partial charge >= 0.3 is 0 Å². The first-order valence-corrected chi connectivity index (χ1v) is 12.2. The smallest absolute Gasteiger partial charge is 0.259 e. The molecule has 1 N–H and O–H groups in total. The van der Waals surface area contributed by atoms with E-state index in [1.807, 2.05) is 37.3 Å². The van der Waals surface area contributed by atoms with Crippen LogP contribution in [-0.2, 0) is 6.54 Å². The third kappa shape index (κ3) is 5.73. The third-order valence-corrected chi connectivity index (χ3v) is 6.63. The van der Waals surface area contributed by atoms with Crippen molar-refractivity contribution in [3.05, 3.63) is 83.6 Å². The summed E-state index contributed by atoms with van der Waals surface area (Å²) in [6, 6.07) is 21.0. The van der Waals surface area contributed by atoms with Crippen molar-refractivity contribution in [1.29, 1.82) is 5.26 Å². The third-order valence-electron chi connectivity index (χ3n) is 6.63. The van der Waals surface area contributed by atoms with Gasteiger partial charge in [0.05, 0.1) is 24.3 Å². The number of amides is 1. The highest BCUT2D eigenvalue weighted by Gasteiger charge is 2.34. The average Bonchev–Trinajstić information content (AvgIpc) is 2.90. The summed E-state index contributed by atoms with van der Waals surface area (Å²) >= 11 is 0. The summed E-state index contributed by atoms with van der Waals surface area (Å²) in [5, 5.41) is 19.2. The van der Waals surface area contributed by atoms with E-state index in [1.54, 1.807) is 29.3 Å². The normalized spacial score (nSPS) is 18.6. The summed E-state index contributed by atoms with van der Waals surface area (Å²) in [5.74, 6) is 0.0865. The van der Waals surface area contributed by atoms with Crippen molar-refractivity contribution in [2.75, 3.05) is 26.7 Å². The predicted molar refractivity (Wildman–Crippen MR) is 138 cm³/mol. The van der Waals surface area contributed by atoms with Gasteiger partial charge in [0, 0.05) is 37.3 Å². The lowest BCUT2D eigenvalue weighted by molar-refractivity contribution is 0.0325. The van der Waals surface area contributed by atoms with E-state index in [2.05, 4.69) is 42.1 Å². The minimum absolute atomic E-state index is 0.0168. The Balaban J connectivity index is 1.67. The number of aromatic nitrogens is 1. The highest BCUT2D eigenvalue weighted by Crippen LogP contribution is 2.30. The fourth-order valence-corrected chi connectivity index (χ4v) is 4.51. The van der Waals surface area contributed by atoms with Crippen molar-refractivity contribution < 1.29 is 14.6 Å². The van der Waals surface area contributed by atoms with Gasteiger partial charge in [-0.1, -0.05) is 49.4 Å². The fourth-order valence-electron chi connectivity index (χ4n) is 4.51. The maximum absolute atomic E-state index is 13.6. The van der Waals surface area contributed by atoms with Crippen molar-refractivity contribution in [3.63, 3.8) is 0 Å². The van der Waals surface area contributed by atoms with Crippen molar-refractivity contribution in [3.8, 4) is 23.1 Å². The van der Waals surface area contributed by atoms with Crippen LogP contribution >= 0.6 is 0 Å². The minimum Gasteiger partial charge on any atom is -0.472 e. The number of rotatable bonds is 7. The molecule has 0 unspecified atom stereocenters. The van der Waals surface area contributed by atoms with E-state index in [0.717, 1.165) is 17.7 Å². The molecule has 1 amide bonds. The molecule has 0 aliphatic carbocycles. The van der Waals surface area contributed by atoms with Crippen molar-refractivity contribution in [2.45, 2.75) is 32.5 Å². The Morgan fingerprint density at radius 2 is 1.97 bits per heavy atom. The number of hydrogen-bond donors (Lipinski definition) is 1. The first-order valence-electron chi connectivity index (χ1n) is 12.2. The quantitative estimate of drug-likeness (QED) is 0.546. The number of benzene rings is 2. The topological polar surface area (TPSA) is 89.7 Å². The lowest BCUT2D eigenvalue weighted by atomic mass is 9.98. The molecule has 0 fully saturated rings. The highest BCUT2D eigenvalue weighted by atomic mass is 16.5. The minimum atomic E-state index is -0.348. The molecule has 3 atom stereocenters. The van der Waals surface area contributed by atoms with Crippen LogP contribution in [0.2, 0.25) is 0 Å². The van der Waals surface area contributed by atoms with Crippen LogP contribution in [-0.4, -0.2) is 64.7 Å². The van der Waals surface area contributed by atoms with Crippen LogP contribution in [0, 0.1) is 17.2 Å². The lowest BCUT2D eigenvalue weighted by Gasteiger charge is -2.37. The van der Waals surface area contributed by atoms with Gasteiger partial charge in [-0.25, -0.2) is 4.98 Å². The summed E-state index contributed by atoms with van der Waals surface area (Å²) in [4.78, 5) is 22.1. The van der Waals surface area contributed by atoms with E-state index in [9.17, 15) is 15.2 Å². The predicted octanol–water partition coefficient (Wildman–Crippen LogP) is 3.97. The number of ether oxygens (including phenoxy) is 1. The number of aliphatic hydroxyl groups is 1. The zero-order valence-electron chi connectivity index (χ0n) is 21.0. The standard InChI is InChI=1S/C29H32N4O3/c1-20-16-33(21(2)19-34)29(35)26-13-25(24-11-7-10-23(12-24)14-30)15-31-28(26)36-27(20)18-32(3)17-22-8-5-4-6-9-22/h4-13,15,20-21,27,34H,16-19H2,1-3H3/t20-,21+,27+/m1/s1. The number of hydrogen-bond acceptors (Lipinski definition) is 6. The Bertz CT molecular complexity index is 1240. The van der Waals surface area contributed by atoms with Gasteiger partial charge < -0.3 is 14.7 Å². The maximum atomic E-state index is 13.6. The zero-order chi connectivity index (χ0) is 25.7. The molecule has 1 aromatic heterocycles. The van der Waals surface area contributed by atoms with Crippen molar-refractivity contribution in [1.82, 2.24) is 14.8 Å². The summed E-state index contributed by atoms with van der Waals surface area (Å²) < 4.78 is 6.41. The molecule has 0 saturated carbocycles. The van der Waals surface area contributed by atoms with E-state index in [4.69, 9.17) is 4.74 Å². The van der Waals surface area contributed by atoms with Gasteiger partial charge in [-0.05, 0) is 43.3 Å². The maximum Gasteiger partial charge on any atom is 0.259 e. The summed E-state index contributed by atoms with van der Waals surface area (Å²) in [6.07, 6.45) is 1.47. The van der Waals surface area contributed by atoms with Gasteiger partial charge in [-0.15, -0.1) is 0 Å². The average molecular weight is 485 g/mol. The van der Waals surface area contributed by atoms with Crippen LogP contribution < -0.4 is 4.74 Å². The molecular weight excluding hydrogens is 452 g/mol.